The van der Waals surface area contributed by atoms with Gasteiger partial charge in [0.1, 0.15) is 5.39 Å². The number of pyridine rings is 1. The second kappa shape index (κ2) is 8.39. The van der Waals surface area contributed by atoms with E-state index < -0.39 is 0 Å². The molecule has 33 heavy (non-hydrogen) atoms. The Morgan fingerprint density at radius 3 is 2.73 bits per heavy atom. The molecule has 0 aliphatic heterocycles. The first kappa shape index (κ1) is 21.3. The van der Waals surface area contributed by atoms with Gasteiger partial charge in [-0.1, -0.05) is 18.9 Å². The summed E-state index contributed by atoms with van der Waals surface area (Å²) in [5.74, 6) is 0.621. The summed E-state index contributed by atoms with van der Waals surface area (Å²) in [5.41, 5.74) is 2.97. The Bertz CT molecular complexity index is 1310. The molecule has 1 amide bonds. The summed E-state index contributed by atoms with van der Waals surface area (Å²) >= 11 is 0. The molecule has 170 valence electrons. The van der Waals surface area contributed by atoms with Crippen molar-refractivity contribution in [1.29, 1.82) is 5.26 Å². The Kier molecular flexibility index (Phi) is 5.41. The molecule has 0 radical (unpaired) electrons. The van der Waals surface area contributed by atoms with Gasteiger partial charge in [0.25, 0.3) is 11.5 Å². The van der Waals surface area contributed by atoms with Crippen LogP contribution < -0.4 is 10.9 Å². The number of amides is 1. The number of anilines is 2. The zero-order chi connectivity index (χ0) is 23.1. The van der Waals surface area contributed by atoms with Crippen molar-refractivity contribution in [3.05, 3.63) is 51.9 Å². The third-order valence-corrected chi connectivity index (χ3v) is 6.82. The van der Waals surface area contributed by atoms with E-state index in [1.807, 2.05) is 28.9 Å². The number of carbonyl (C=O) groups excluding carboxylic acids is 1. The Labute approximate surface area is 192 Å². The van der Waals surface area contributed by atoms with Crippen molar-refractivity contribution in [3.63, 3.8) is 0 Å². The van der Waals surface area contributed by atoms with Crippen LogP contribution in [0.4, 0.5) is 11.5 Å². The normalized spacial score (nSPS) is 20.4. The van der Waals surface area contributed by atoms with Gasteiger partial charge in [-0.2, -0.15) is 10.4 Å². The second-order valence-corrected chi connectivity index (χ2v) is 9.31. The fraction of sp³-hybridized carbons (Fsp3) is 0.440. The maximum absolute atomic E-state index is 12.9. The number of nitrogens with zero attached hydrogens (tertiary/aromatic N) is 4. The van der Waals surface area contributed by atoms with Crippen molar-refractivity contribution in [2.45, 2.75) is 50.5 Å². The van der Waals surface area contributed by atoms with Gasteiger partial charge in [-0.3, -0.25) is 14.3 Å². The van der Waals surface area contributed by atoms with Crippen molar-refractivity contribution < 1.29 is 4.79 Å². The van der Waals surface area contributed by atoms with Crippen molar-refractivity contribution in [2.75, 3.05) is 19.4 Å². The molecule has 2 aliphatic rings. The molecule has 2 aromatic heterocycles. The highest BCUT2D eigenvalue weighted by Crippen LogP contribution is 2.46. The Morgan fingerprint density at radius 2 is 2.00 bits per heavy atom. The van der Waals surface area contributed by atoms with Crippen LogP contribution in [0.15, 0.2) is 35.3 Å². The molecule has 2 aliphatic carbocycles. The molecule has 2 saturated carbocycles. The number of hydrogen-bond acceptors (Lipinski definition) is 5. The van der Waals surface area contributed by atoms with Crippen LogP contribution >= 0.6 is 0 Å². The van der Waals surface area contributed by atoms with E-state index in [2.05, 4.69) is 16.4 Å². The van der Waals surface area contributed by atoms with Gasteiger partial charge in [-0.15, -0.1) is 0 Å². The van der Waals surface area contributed by atoms with Gasteiger partial charge in [-0.05, 0) is 55.4 Å². The molecule has 1 aromatic carbocycles. The van der Waals surface area contributed by atoms with Crippen LogP contribution in [0, 0.1) is 17.2 Å². The third-order valence-electron chi connectivity index (χ3n) is 6.82. The van der Waals surface area contributed by atoms with E-state index in [1.165, 1.54) is 0 Å². The molecule has 2 atom stereocenters. The number of H-pyrrole nitrogens is 1. The highest BCUT2D eigenvalue weighted by Gasteiger charge is 2.33. The molecule has 0 spiro atoms. The zero-order valence-electron chi connectivity index (χ0n) is 19.0. The number of fused-ring (bicyclic) bond motifs is 1. The molecule has 5 rings (SSSR count). The maximum Gasteiger partial charge on any atom is 0.261 e. The minimum absolute atomic E-state index is 0.0344. The number of rotatable bonds is 5. The monoisotopic (exact) mass is 444 g/mol. The van der Waals surface area contributed by atoms with E-state index in [0.29, 0.717) is 22.7 Å². The van der Waals surface area contributed by atoms with Gasteiger partial charge in [0.2, 0.25) is 0 Å². The molecule has 0 saturated heterocycles. The van der Waals surface area contributed by atoms with Crippen LogP contribution in [0.3, 0.4) is 0 Å². The van der Waals surface area contributed by atoms with E-state index >= 15 is 0 Å². The molecule has 3 aromatic rings. The number of benzene rings is 1. The number of aromatic nitrogens is 3. The lowest BCUT2D eigenvalue weighted by Gasteiger charge is -2.27. The smallest absolute Gasteiger partial charge is 0.261 e. The van der Waals surface area contributed by atoms with Crippen molar-refractivity contribution in [1.82, 2.24) is 19.7 Å². The average Bonchev–Trinajstić information content (AvgIpc) is 3.60. The standard InChI is InChI=1S/C25H28N6O2/c1-30(2)25(33)17-7-5-8-18(21(17)15-10-11-15)28-23-22-20(12-13-27-24(22)32)31(29-23)19-9-4-3-6-16(19)14-26/h5,7-8,12-13,15-16,19H,3-4,6,9-11H2,1-2H3,(H,27,32)(H,28,29). The molecular weight excluding hydrogens is 416 g/mol. The topological polar surface area (TPSA) is 107 Å². The lowest BCUT2D eigenvalue weighted by molar-refractivity contribution is 0.0826. The number of hydrogen-bond donors (Lipinski definition) is 2. The lowest BCUT2D eigenvalue weighted by atomic mass is 9.85. The summed E-state index contributed by atoms with van der Waals surface area (Å²) < 4.78 is 1.87. The molecule has 2 unspecified atom stereocenters. The zero-order valence-corrected chi connectivity index (χ0v) is 19.0. The van der Waals surface area contributed by atoms with Gasteiger partial charge < -0.3 is 15.2 Å². The van der Waals surface area contributed by atoms with E-state index in [9.17, 15) is 14.9 Å². The number of nitriles is 1. The highest BCUT2D eigenvalue weighted by molar-refractivity contribution is 5.98. The van der Waals surface area contributed by atoms with Crippen LogP contribution in [0.25, 0.3) is 10.9 Å². The first-order chi connectivity index (χ1) is 16.0. The first-order valence-electron chi connectivity index (χ1n) is 11.6. The fourth-order valence-corrected chi connectivity index (χ4v) is 5.04. The summed E-state index contributed by atoms with van der Waals surface area (Å²) in [6.45, 7) is 0. The van der Waals surface area contributed by atoms with E-state index in [1.54, 1.807) is 25.2 Å². The number of aromatic amines is 1. The molecular formula is C25H28N6O2. The predicted octanol–water partition coefficient (Wildman–Crippen LogP) is 4.30. The molecule has 2 fully saturated rings. The van der Waals surface area contributed by atoms with Crippen LogP contribution in [0.1, 0.15) is 66.4 Å². The summed E-state index contributed by atoms with van der Waals surface area (Å²) in [7, 11) is 3.51. The van der Waals surface area contributed by atoms with Crippen molar-refractivity contribution >= 4 is 28.3 Å². The van der Waals surface area contributed by atoms with Gasteiger partial charge in [-0.25, -0.2) is 0 Å². The van der Waals surface area contributed by atoms with Gasteiger partial charge in [0, 0.05) is 31.5 Å². The van der Waals surface area contributed by atoms with Gasteiger partial charge in [0.05, 0.1) is 23.5 Å². The predicted molar refractivity (Wildman–Crippen MR) is 127 cm³/mol. The molecule has 8 nitrogen and oxygen atoms in total. The summed E-state index contributed by atoms with van der Waals surface area (Å²) in [4.78, 5) is 30.0. The molecule has 2 N–H and O–H groups in total. The van der Waals surface area contributed by atoms with Crippen molar-refractivity contribution in [2.24, 2.45) is 5.92 Å². The molecule has 8 heteroatoms. The minimum atomic E-state index is -0.223. The number of carbonyl (C=O) groups is 1. The van der Waals surface area contributed by atoms with Crippen LogP contribution in [-0.2, 0) is 0 Å². The molecule has 0 bridgehead atoms. The summed E-state index contributed by atoms with van der Waals surface area (Å²) in [6.07, 6.45) is 7.48. The van der Waals surface area contributed by atoms with Gasteiger partial charge >= 0.3 is 0 Å². The number of nitrogens with one attached hydrogen (secondary N) is 2. The van der Waals surface area contributed by atoms with Crippen molar-refractivity contribution in [3.8, 4) is 6.07 Å². The fourth-order valence-electron chi connectivity index (χ4n) is 5.04. The van der Waals surface area contributed by atoms with E-state index in [0.717, 1.165) is 55.3 Å². The first-order valence-corrected chi connectivity index (χ1v) is 11.6. The Morgan fingerprint density at radius 1 is 1.21 bits per heavy atom. The van der Waals surface area contributed by atoms with Crippen LogP contribution in [0.2, 0.25) is 0 Å². The Hall–Kier alpha value is -3.60. The minimum Gasteiger partial charge on any atom is -0.345 e. The van der Waals surface area contributed by atoms with E-state index in [4.69, 9.17) is 5.10 Å². The van der Waals surface area contributed by atoms with E-state index in [-0.39, 0.29) is 23.4 Å². The summed E-state index contributed by atoms with van der Waals surface area (Å²) in [6, 6.07) is 9.91. The summed E-state index contributed by atoms with van der Waals surface area (Å²) in [5, 5.41) is 18.4. The van der Waals surface area contributed by atoms with Gasteiger partial charge in [0.15, 0.2) is 5.82 Å². The Balaban J connectivity index is 1.63. The second-order valence-electron chi connectivity index (χ2n) is 9.31. The van der Waals surface area contributed by atoms with Crippen LogP contribution in [-0.4, -0.2) is 39.7 Å². The average molecular weight is 445 g/mol. The van der Waals surface area contributed by atoms with Crippen LogP contribution in [0.5, 0.6) is 0 Å². The highest BCUT2D eigenvalue weighted by atomic mass is 16.2. The third kappa shape index (κ3) is 3.78. The molecule has 2 heterocycles. The SMILES string of the molecule is CN(C)C(=O)c1cccc(Nc2nn(C3CCCCC3C#N)c3cc[nH]c(=O)c23)c1C1CC1. The maximum atomic E-state index is 12.9. The largest absolute Gasteiger partial charge is 0.345 e. The lowest BCUT2D eigenvalue weighted by Crippen LogP contribution is -2.23. The quantitative estimate of drug-likeness (QED) is 0.610.